The number of nitrogens with one attached hydrogen (secondary N) is 2. The lowest BCUT2D eigenvalue weighted by molar-refractivity contribution is 0.144. The van der Waals surface area contributed by atoms with Gasteiger partial charge in [0, 0.05) is 30.9 Å². The molecule has 2 heterocycles. The molecule has 1 unspecified atom stereocenters. The Morgan fingerprint density at radius 1 is 1.22 bits per heavy atom. The molecule has 1 aliphatic rings. The minimum atomic E-state index is -0.108. The molecule has 1 aliphatic heterocycles. The quantitative estimate of drug-likeness (QED) is 0.750. The van der Waals surface area contributed by atoms with Crippen LogP contribution in [0.25, 0.3) is 5.69 Å². The van der Waals surface area contributed by atoms with E-state index in [2.05, 4.69) is 27.6 Å². The third-order valence-corrected chi connectivity index (χ3v) is 5.16. The number of hydrogen-bond acceptors (Lipinski definition) is 3. The van der Waals surface area contributed by atoms with Crippen LogP contribution >= 0.6 is 0 Å². The third-order valence-electron chi connectivity index (χ3n) is 5.16. The molecule has 1 saturated heterocycles. The maximum Gasteiger partial charge on any atom is 0.315 e. The van der Waals surface area contributed by atoms with Gasteiger partial charge in [-0.15, -0.1) is 0 Å². The zero-order valence-corrected chi connectivity index (χ0v) is 16.2. The summed E-state index contributed by atoms with van der Waals surface area (Å²) in [6.45, 7) is 5.72. The number of aromatic nitrogens is 2. The Bertz CT molecular complexity index is 700. The standard InChI is InChI=1S/C21H31N5O/c1-2-3-12-25-13-8-7-11-20(25)16-23-21(27)22-14-18-15-24-26(17-18)19-9-5-4-6-10-19/h4-6,9-10,15,17,20H,2-3,7-8,11-14,16H2,1H3,(H2,22,23,27). The summed E-state index contributed by atoms with van der Waals surface area (Å²) < 4.78 is 1.82. The molecule has 0 radical (unpaired) electrons. The lowest BCUT2D eigenvalue weighted by Crippen LogP contribution is -2.48. The van der Waals surface area contributed by atoms with Gasteiger partial charge in [0.2, 0.25) is 0 Å². The van der Waals surface area contributed by atoms with Gasteiger partial charge in [0.25, 0.3) is 0 Å². The van der Waals surface area contributed by atoms with E-state index in [0.717, 1.165) is 30.9 Å². The third kappa shape index (κ3) is 5.82. The highest BCUT2D eigenvalue weighted by molar-refractivity contribution is 5.73. The summed E-state index contributed by atoms with van der Waals surface area (Å²) in [6.07, 6.45) is 9.90. The maximum atomic E-state index is 12.2. The second-order valence-corrected chi connectivity index (χ2v) is 7.23. The number of likely N-dealkylation sites (tertiary alicyclic amines) is 1. The first-order valence-corrected chi connectivity index (χ1v) is 10.1. The number of piperidine rings is 1. The summed E-state index contributed by atoms with van der Waals surface area (Å²) in [5, 5.41) is 10.3. The summed E-state index contributed by atoms with van der Waals surface area (Å²) in [5.74, 6) is 0. The molecule has 1 aromatic heterocycles. The molecule has 6 nitrogen and oxygen atoms in total. The predicted octanol–water partition coefficient (Wildman–Crippen LogP) is 3.33. The summed E-state index contributed by atoms with van der Waals surface area (Å²) in [6, 6.07) is 10.3. The molecule has 0 aliphatic carbocycles. The molecule has 1 aromatic carbocycles. The monoisotopic (exact) mass is 369 g/mol. The van der Waals surface area contributed by atoms with Crippen molar-refractivity contribution in [3.8, 4) is 5.69 Å². The average Bonchev–Trinajstić information content (AvgIpc) is 3.19. The SMILES string of the molecule is CCCCN1CCCCC1CNC(=O)NCc1cnn(-c2ccccc2)c1. The Hall–Kier alpha value is -2.34. The molecular formula is C21H31N5O. The predicted molar refractivity (Wildman–Crippen MR) is 108 cm³/mol. The van der Waals surface area contributed by atoms with E-state index in [1.54, 1.807) is 6.20 Å². The van der Waals surface area contributed by atoms with E-state index < -0.39 is 0 Å². The molecule has 1 fully saturated rings. The van der Waals surface area contributed by atoms with Crippen molar-refractivity contribution in [1.82, 2.24) is 25.3 Å². The fraction of sp³-hybridized carbons (Fsp3) is 0.524. The number of urea groups is 1. The first-order chi connectivity index (χ1) is 13.3. The van der Waals surface area contributed by atoms with Crippen LogP contribution in [-0.2, 0) is 6.54 Å². The lowest BCUT2D eigenvalue weighted by atomic mass is 10.0. The Balaban J connectivity index is 1.42. The molecule has 146 valence electrons. The summed E-state index contributed by atoms with van der Waals surface area (Å²) in [5.41, 5.74) is 1.99. The van der Waals surface area contributed by atoms with Crippen LogP contribution < -0.4 is 10.6 Å². The van der Waals surface area contributed by atoms with Gasteiger partial charge < -0.3 is 10.6 Å². The first kappa shape index (κ1) is 19.4. The Morgan fingerprint density at radius 3 is 2.89 bits per heavy atom. The van der Waals surface area contributed by atoms with Gasteiger partial charge in [-0.05, 0) is 44.5 Å². The van der Waals surface area contributed by atoms with Crippen molar-refractivity contribution in [2.75, 3.05) is 19.6 Å². The summed E-state index contributed by atoms with van der Waals surface area (Å²) >= 11 is 0. The highest BCUT2D eigenvalue weighted by atomic mass is 16.2. The number of carbonyl (C=O) groups is 1. The van der Waals surface area contributed by atoms with Crippen LogP contribution in [-0.4, -0.2) is 46.4 Å². The number of amides is 2. The minimum absolute atomic E-state index is 0.108. The molecule has 0 spiro atoms. The molecule has 0 bridgehead atoms. The van der Waals surface area contributed by atoms with Crippen molar-refractivity contribution in [3.05, 3.63) is 48.3 Å². The van der Waals surface area contributed by atoms with E-state index in [1.165, 1.54) is 32.1 Å². The van der Waals surface area contributed by atoms with Gasteiger partial charge >= 0.3 is 6.03 Å². The molecule has 27 heavy (non-hydrogen) atoms. The maximum absolute atomic E-state index is 12.2. The van der Waals surface area contributed by atoms with Crippen molar-refractivity contribution in [1.29, 1.82) is 0 Å². The molecule has 1 atom stereocenters. The molecule has 0 saturated carbocycles. The van der Waals surface area contributed by atoms with Crippen LogP contribution in [0.2, 0.25) is 0 Å². The first-order valence-electron chi connectivity index (χ1n) is 10.1. The zero-order chi connectivity index (χ0) is 18.9. The van der Waals surface area contributed by atoms with Crippen molar-refractivity contribution in [2.45, 2.75) is 51.6 Å². The Kier molecular flexibility index (Phi) is 7.27. The van der Waals surface area contributed by atoms with E-state index in [9.17, 15) is 4.79 Å². The van der Waals surface area contributed by atoms with Crippen LogP contribution in [0.4, 0.5) is 4.79 Å². The number of benzene rings is 1. The van der Waals surface area contributed by atoms with E-state index in [-0.39, 0.29) is 6.03 Å². The highest BCUT2D eigenvalue weighted by Gasteiger charge is 2.22. The van der Waals surface area contributed by atoms with Gasteiger partial charge in [-0.1, -0.05) is 38.0 Å². The highest BCUT2D eigenvalue weighted by Crippen LogP contribution is 2.17. The number of nitrogens with zero attached hydrogens (tertiary/aromatic N) is 3. The molecular weight excluding hydrogens is 338 g/mol. The van der Waals surface area contributed by atoms with Gasteiger partial charge in [0.1, 0.15) is 0 Å². The summed E-state index contributed by atoms with van der Waals surface area (Å²) in [7, 11) is 0. The topological polar surface area (TPSA) is 62.2 Å². The van der Waals surface area contributed by atoms with Gasteiger partial charge in [0.05, 0.1) is 11.9 Å². The second kappa shape index (κ2) is 10.1. The largest absolute Gasteiger partial charge is 0.337 e. The number of rotatable bonds is 8. The molecule has 3 rings (SSSR count). The van der Waals surface area contributed by atoms with Gasteiger partial charge in [-0.3, -0.25) is 4.90 Å². The number of para-hydroxylation sites is 1. The van der Waals surface area contributed by atoms with Gasteiger partial charge in [-0.25, -0.2) is 9.48 Å². The van der Waals surface area contributed by atoms with Crippen LogP contribution in [0.3, 0.4) is 0 Å². The smallest absolute Gasteiger partial charge is 0.315 e. The molecule has 2 N–H and O–H groups in total. The number of carbonyl (C=O) groups excluding carboxylic acids is 1. The van der Waals surface area contributed by atoms with Crippen molar-refractivity contribution < 1.29 is 4.79 Å². The fourth-order valence-electron chi connectivity index (χ4n) is 3.58. The van der Waals surface area contributed by atoms with E-state index in [1.807, 2.05) is 41.2 Å². The number of unbranched alkanes of at least 4 members (excludes halogenated alkanes) is 1. The Morgan fingerprint density at radius 2 is 2.07 bits per heavy atom. The minimum Gasteiger partial charge on any atom is -0.337 e. The fourth-order valence-corrected chi connectivity index (χ4v) is 3.58. The average molecular weight is 370 g/mol. The van der Waals surface area contributed by atoms with Crippen molar-refractivity contribution in [2.24, 2.45) is 0 Å². The van der Waals surface area contributed by atoms with Gasteiger partial charge in [-0.2, -0.15) is 5.10 Å². The molecule has 6 heteroatoms. The summed E-state index contributed by atoms with van der Waals surface area (Å²) in [4.78, 5) is 14.7. The lowest BCUT2D eigenvalue weighted by Gasteiger charge is -2.35. The second-order valence-electron chi connectivity index (χ2n) is 7.23. The van der Waals surface area contributed by atoms with Crippen molar-refractivity contribution >= 4 is 6.03 Å². The van der Waals surface area contributed by atoms with Gasteiger partial charge in [0.15, 0.2) is 0 Å². The molecule has 2 amide bonds. The van der Waals surface area contributed by atoms with E-state index in [0.29, 0.717) is 12.6 Å². The van der Waals surface area contributed by atoms with Crippen LogP contribution in [0.1, 0.15) is 44.6 Å². The molecule has 2 aromatic rings. The Labute approximate surface area is 161 Å². The normalized spacial score (nSPS) is 17.6. The van der Waals surface area contributed by atoms with Crippen LogP contribution in [0.5, 0.6) is 0 Å². The van der Waals surface area contributed by atoms with Crippen molar-refractivity contribution in [3.63, 3.8) is 0 Å². The van der Waals surface area contributed by atoms with E-state index >= 15 is 0 Å². The van der Waals surface area contributed by atoms with Crippen LogP contribution in [0, 0.1) is 0 Å². The number of hydrogen-bond donors (Lipinski definition) is 2. The van der Waals surface area contributed by atoms with Crippen LogP contribution in [0.15, 0.2) is 42.7 Å². The zero-order valence-electron chi connectivity index (χ0n) is 16.2. The van der Waals surface area contributed by atoms with E-state index in [4.69, 9.17) is 0 Å².